The normalized spacial score (nSPS) is 19.2. The number of aryl methyl sites for hydroxylation is 2. The van der Waals surface area contributed by atoms with E-state index in [2.05, 4.69) is 42.7 Å². The van der Waals surface area contributed by atoms with Crippen LogP contribution in [0, 0.1) is 13.8 Å². The molecule has 0 bridgehead atoms. The van der Waals surface area contributed by atoms with Crippen LogP contribution in [-0.2, 0) is 11.2 Å². The summed E-state index contributed by atoms with van der Waals surface area (Å²) in [4.78, 5) is 12.0. The molecule has 0 saturated carbocycles. The van der Waals surface area contributed by atoms with Gasteiger partial charge < -0.3 is 10.6 Å². The lowest BCUT2D eigenvalue weighted by atomic mass is 10.00. The van der Waals surface area contributed by atoms with Gasteiger partial charge in [0.05, 0.1) is 6.04 Å². The van der Waals surface area contributed by atoms with E-state index in [1.807, 2.05) is 0 Å². The number of carbonyl (C=O) groups is 1. The molecule has 1 aliphatic rings. The number of hydrogen-bond donors (Lipinski definition) is 2. The van der Waals surface area contributed by atoms with Crippen molar-refractivity contribution in [1.82, 2.24) is 10.6 Å². The van der Waals surface area contributed by atoms with Gasteiger partial charge in [-0.3, -0.25) is 4.79 Å². The van der Waals surface area contributed by atoms with Crippen molar-refractivity contribution in [2.24, 2.45) is 0 Å². The minimum absolute atomic E-state index is 0.0201. The van der Waals surface area contributed by atoms with Crippen LogP contribution < -0.4 is 10.6 Å². The van der Waals surface area contributed by atoms with Crippen molar-refractivity contribution in [1.29, 1.82) is 0 Å². The number of nitrogens with one attached hydrogen (secondary N) is 2. The Morgan fingerprint density at radius 2 is 2.05 bits per heavy atom. The summed E-state index contributed by atoms with van der Waals surface area (Å²) in [6.07, 6.45) is 4.22. The van der Waals surface area contributed by atoms with E-state index >= 15 is 0 Å². The number of carbonyl (C=O) groups excluding carboxylic acids is 1. The van der Waals surface area contributed by atoms with E-state index in [1.54, 1.807) is 0 Å². The largest absolute Gasteiger partial charge is 0.354 e. The topological polar surface area (TPSA) is 41.1 Å². The van der Waals surface area contributed by atoms with Crippen molar-refractivity contribution >= 4 is 5.91 Å². The predicted octanol–water partition coefficient (Wildman–Crippen LogP) is 2.10. The molecule has 3 nitrogen and oxygen atoms in total. The van der Waals surface area contributed by atoms with Crippen LogP contribution in [0.3, 0.4) is 0 Å². The molecule has 0 aliphatic carbocycles. The molecule has 2 N–H and O–H groups in total. The number of amides is 1. The molecular weight excluding hydrogens is 236 g/mol. The molecule has 1 aromatic carbocycles. The Kier molecular flexibility index (Phi) is 4.97. The molecule has 1 aliphatic heterocycles. The minimum Gasteiger partial charge on any atom is -0.354 e. The number of benzene rings is 1. The first-order chi connectivity index (χ1) is 9.18. The van der Waals surface area contributed by atoms with Gasteiger partial charge in [-0.1, -0.05) is 24.6 Å². The first kappa shape index (κ1) is 14.1. The van der Waals surface area contributed by atoms with Crippen LogP contribution >= 0.6 is 0 Å². The monoisotopic (exact) mass is 260 g/mol. The Morgan fingerprint density at radius 3 is 2.68 bits per heavy atom. The van der Waals surface area contributed by atoms with Crippen LogP contribution in [0.2, 0.25) is 0 Å². The van der Waals surface area contributed by atoms with Crippen molar-refractivity contribution < 1.29 is 4.79 Å². The van der Waals surface area contributed by atoms with Gasteiger partial charge in [0.2, 0.25) is 5.91 Å². The highest BCUT2D eigenvalue weighted by atomic mass is 16.2. The highest BCUT2D eigenvalue weighted by Crippen LogP contribution is 2.13. The fourth-order valence-electron chi connectivity index (χ4n) is 2.75. The first-order valence-electron chi connectivity index (χ1n) is 7.24. The highest BCUT2D eigenvalue weighted by Gasteiger charge is 2.19. The zero-order valence-electron chi connectivity index (χ0n) is 12.0. The molecule has 0 aromatic heterocycles. The molecular formula is C16H24N2O. The molecule has 1 fully saturated rings. The smallest absolute Gasteiger partial charge is 0.237 e. The van der Waals surface area contributed by atoms with Crippen LogP contribution in [0.15, 0.2) is 18.2 Å². The number of piperidine rings is 1. The Labute approximate surface area is 115 Å². The molecule has 3 heteroatoms. The number of hydrogen-bond acceptors (Lipinski definition) is 2. The quantitative estimate of drug-likeness (QED) is 0.870. The Balaban J connectivity index is 1.81. The fraction of sp³-hybridized carbons (Fsp3) is 0.562. The summed E-state index contributed by atoms with van der Waals surface area (Å²) in [5.41, 5.74) is 3.98. The summed E-state index contributed by atoms with van der Waals surface area (Å²) < 4.78 is 0. The minimum atomic E-state index is 0.0201. The molecule has 19 heavy (non-hydrogen) atoms. The molecule has 2 rings (SSSR count). The summed E-state index contributed by atoms with van der Waals surface area (Å²) in [5.74, 6) is 0.158. The van der Waals surface area contributed by atoms with Gasteiger partial charge in [0.15, 0.2) is 0 Å². The van der Waals surface area contributed by atoms with Crippen LogP contribution in [0.4, 0.5) is 0 Å². The molecule has 104 valence electrons. The standard InChI is InChI=1S/C16H24N2O/c1-12-6-5-7-13(2)14(12)9-11-18-16(19)15-8-3-4-10-17-15/h5-7,15,17H,3-4,8-11H2,1-2H3,(H,18,19). The average molecular weight is 260 g/mol. The number of rotatable bonds is 4. The summed E-state index contributed by atoms with van der Waals surface area (Å²) in [7, 11) is 0. The third kappa shape index (κ3) is 3.80. The second kappa shape index (κ2) is 6.71. The lowest BCUT2D eigenvalue weighted by Crippen LogP contribution is -2.47. The molecule has 1 amide bonds. The summed E-state index contributed by atoms with van der Waals surface area (Å²) in [5, 5.41) is 6.33. The molecule has 1 saturated heterocycles. The van der Waals surface area contributed by atoms with Gasteiger partial charge in [0, 0.05) is 6.54 Å². The zero-order chi connectivity index (χ0) is 13.7. The van der Waals surface area contributed by atoms with E-state index in [1.165, 1.54) is 23.1 Å². The van der Waals surface area contributed by atoms with Crippen LogP contribution in [0.1, 0.15) is 36.0 Å². The van der Waals surface area contributed by atoms with E-state index in [4.69, 9.17) is 0 Å². The molecule has 0 spiro atoms. The van der Waals surface area contributed by atoms with E-state index in [0.717, 1.165) is 32.4 Å². The second-order valence-corrected chi connectivity index (χ2v) is 5.41. The molecule has 1 unspecified atom stereocenters. The second-order valence-electron chi connectivity index (χ2n) is 5.41. The Morgan fingerprint density at radius 1 is 1.32 bits per heavy atom. The van der Waals surface area contributed by atoms with Crippen LogP contribution in [0.5, 0.6) is 0 Å². The highest BCUT2D eigenvalue weighted by molar-refractivity contribution is 5.81. The third-order valence-electron chi connectivity index (χ3n) is 3.95. The van der Waals surface area contributed by atoms with E-state index in [9.17, 15) is 4.79 Å². The van der Waals surface area contributed by atoms with E-state index in [0.29, 0.717) is 0 Å². The van der Waals surface area contributed by atoms with E-state index in [-0.39, 0.29) is 11.9 Å². The SMILES string of the molecule is Cc1cccc(C)c1CCNC(=O)C1CCCCN1. The van der Waals surface area contributed by atoms with E-state index < -0.39 is 0 Å². The molecule has 1 atom stereocenters. The Bertz CT molecular complexity index is 416. The average Bonchev–Trinajstić information content (AvgIpc) is 2.43. The van der Waals surface area contributed by atoms with Gasteiger partial charge in [-0.15, -0.1) is 0 Å². The molecule has 1 aromatic rings. The van der Waals surface area contributed by atoms with Gasteiger partial charge in [0.1, 0.15) is 0 Å². The van der Waals surface area contributed by atoms with Crippen molar-refractivity contribution in [3.05, 3.63) is 34.9 Å². The summed E-state index contributed by atoms with van der Waals surface area (Å²) in [6.45, 7) is 5.96. The van der Waals surface area contributed by atoms with Crippen LogP contribution in [-0.4, -0.2) is 25.0 Å². The maximum atomic E-state index is 12.0. The summed E-state index contributed by atoms with van der Waals surface area (Å²) >= 11 is 0. The van der Waals surface area contributed by atoms with Gasteiger partial charge >= 0.3 is 0 Å². The Hall–Kier alpha value is -1.35. The van der Waals surface area contributed by atoms with Crippen molar-refractivity contribution in [2.45, 2.75) is 45.6 Å². The van der Waals surface area contributed by atoms with Crippen molar-refractivity contribution in [2.75, 3.05) is 13.1 Å². The predicted molar refractivity (Wildman–Crippen MR) is 78.3 cm³/mol. The molecule has 0 radical (unpaired) electrons. The lowest BCUT2D eigenvalue weighted by Gasteiger charge is -2.22. The van der Waals surface area contributed by atoms with Gasteiger partial charge in [0.25, 0.3) is 0 Å². The lowest BCUT2D eigenvalue weighted by molar-refractivity contribution is -0.123. The van der Waals surface area contributed by atoms with Crippen molar-refractivity contribution in [3.63, 3.8) is 0 Å². The molecule has 1 heterocycles. The third-order valence-corrected chi connectivity index (χ3v) is 3.95. The summed E-state index contributed by atoms with van der Waals surface area (Å²) in [6, 6.07) is 6.37. The zero-order valence-corrected chi connectivity index (χ0v) is 12.0. The van der Waals surface area contributed by atoms with Gasteiger partial charge in [-0.05, 0) is 56.3 Å². The first-order valence-corrected chi connectivity index (χ1v) is 7.24. The fourth-order valence-corrected chi connectivity index (χ4v) is 2.75. The maximum absolute atomic E-state index is 12.0. The van der Waals surface area contributed by atoms with Crippen molar-refractivity contribution in [3.8, 4) is 0 Å². The van der Waals surface area contributed by atoms with Crippen LogP contribution in [0.25, 0.3) is 0 Å². The maximum Gasteiger partial charge on any atom is 0.237 e. The van der Waals surface area contributed by atoms with Gasteiger partial charge in [-0.2, -0.15) is 0 Å². The van der Waals surface area contributed by atoms with Gasteiger partial charge in [-0.25, -0.2) is 0 Å².